The Hall–Kier alpha value is -1.55. The van der Waals surface area contributed by atoms with E-state index in [2.05, 4.69) is 16.2 Å². The summed E-state index contributed by atoms with van der Waals surface area (Å²) in [6.07, 6.45) is 0. The van der Waals surface area contributed by atoms with Crippen molar-refractivity contribution >= 4 is 15.7 Å². The summed E-state index contributed by atoms with van der Waals surface area (Å²) in [5, 5.41) is 2.92. The van der Waals surface area contributed by atoms with Gasteiger partial charge in [-0.1, -0.05) is 12.1 Å². The molecule has 1 aromatic carbocycles. The van der Waals surface area contributed by atoms with Gasteiger partial charge in [-0.3, -0.25) is 15.1 Å². The Morgan fingerprint density at radius 1 is 1.24 bits per heavy atom. The van der Waals surface area contributed by atoms with Crippen LogP contribution in [-0.4, -0.2) is 63.5 Å². The lowest BCUT2D eigenvalue weighted by molar-refractivity contribution is -0.125. The SMILES string of the molecule is O=C(NCCN1CCS(=O)(=O)CC1)C1CNNC1c1ccc(F)cc1. The van der Waals surface area contributed by atoms with E-state index < -0.39 is 9.84 Å². The number of carbonyl (C=O) groups is 1. The molecule has 0 saturated carbocycles. The summed E-state index contributed by atoms with van der Waals surface area (Å²) in [4.78, 5) is 14.5. The van der Waals surface area contributed by atoms with Gasteiger partial charge >= 0.3 is 0 Å². The number of halogens is 1. The van der Waals surface area contributed by atoms with Gasteiger partial charge < -0.3 is 5.32 Å². The van der Waals surface area contributed by atoms with Gasteiger partial charge in [0.25, 0.3) is 0 Å². The average Bonchev–Trinajstić information content (AvgIpc) is 3.07. The van der Waals surface area contributed by atoms with Crippen molar-refractivity contribution in [2.75, 3.05) is 44.2 Å². The molecule has 2 fully saturated rings. The van der Waals surface area contributed by atoms with E-state index in [1.165, 1.54) is 12.1 Å². The van der Waals surface area contributed by atoms with Crippen molar-refractivity contribution in [3.8, 4) is 0 Å². The topological polar surface area (TPSA) is 90.5 Å². The maximum absolute atomic E-state index is 13.1. The normalized spacial score (nSPS) is 26.4. The van der Waals surface area contributed by atoms with Gasteiger partial charge in [-0.25, -0.2) is 18.2 Å². The van der Waals surface area contributed by atoms with Crippen molar-refractivity contribution in [1.82, 2.24) is 21.1 Å². The number of nitrogens with zero attached hydrogens (tertiary/aromatic N) is 1. The van der Waals surface area contributed by atoms with E-state index in [1.54, 1.807) is 12.1 Å². The van der Waals surface area contributed by atoms with Crippen molar-refractivity contribution < 1.29 is 17.6 Å². The molecule has 2 aliphatic rings. The molecule has 1 amide bonds. The van der Waals surface area contributed by atoms with Crippen LogP contribution < -0.4 is 16.2 Å². The highest BCUT2D eigenvalue weighted by Crippen LogP contribution is 2.25. The van der Waals surface area contributed by atoms with Gasteiger partial charge in [0.15, 0.2) is 9.84 Å². The van der Waals surface area contributed by atoms with E-state index in [1.807, 2.05) is 4.90 Å². The molecule has 2 saturated heterocycles. The molecule has 3 rings (SSSR count). The van der Waals surface area contributed by atoms with Crippen molar-refractivity contribution in [1.29, 1.82) is 0 Å². The maximum Gasteiger partial charge on any atom is 0.226 e. The van der Waals surface area contributed by atoms with Crippen LogP contribution in [0.15, 0.2) is 24.3 Å². The fourth-order valence-corrected chi connectivity index (χ4v) is 4.45. The minimum Gasteiger partial charge on any atom is -0.354 e. The third kappa shape index (κ3) is 4.75. The van der Waals surface area contributed by atoms with E-state index in [0.29, 0.717) is 32.7 Å². The van der Waals surface area contributed by atoms with Gasteiger partial charge in [-0.2, -0.15) is 0 Å². The number of hydrogen-bond donors (Lipinski definition) is 3. The first-order chi connectivity index (χ1) is 11.9. The molecule has 25 heavy (non-hydrogen) atoms. The Kier molecular flexibility index (Phi) is 5.67. The van der Waals surface area contributed by atoms with Gasteiger partial charge in [-0.05, 0) is 17.7 Å². The second kappa shape index (κ2) is 7.77. The number of amides is 1. The van der Waals surface area contributed by atoms with Gasteiger partial charge in [0, 0.05) is 32.7 Å². The molecule has 2 atom stereocenters. The van der Waals surface area contributed by atoms with Gasteiger partial charge in [0.1, 0.15) is 5.82 Å². The Morgan fingerprint density at radius 2 is 1.92 bits per heavy atom. The molecule has 0 radical (unpaired) electrons. The first-order valence-electron chi connectivity index (χ1n) is 8.39. The smallest absolute Gasteiger partial charge is 0.226 e. The molecule has 0 bridgehead atoms. The number of nitrogens with one attached hydrogen (secondary N) is 3. The Bertz CT molecular complexity index is 697. The molecule has 2 unspecified atom stereocenters. The molecule has 0 spiro atoms. The summed E-state index contributed by atoms with van der Waals surface area (Å²) in [7, 11) is -2.88. The second-order valence-corrected chi connectivity index (χ2v) is 8.75. The number of hydrazine groups is 1. The predicted octanol–water partition coefficient (Wildman–Crippen LogP) is -0.563. The van der Waals surface area contributed by atoms with E-state index in [-0.39, 0.29) is 35.2 Å². The first kappa shape index (κ1) is 18.2. The number of hydrogen-bond acceptors (Lipinski definition) is 6. The molecule has 2 aliphatic heterocycles. The van der Waals surface area contributed by atoms with Crippen LogP contribution in [0.4, 0.5) is 4.39 Å². The monoisotopic (exact) mass is 370 g/mol. The van der Waals surface area contributed by atoms with Crippen molar-refractivity contribution in [2.45, 2.75) is 6.04 Å². The Labute approximate surface area is 146 Å². The quantitative estimate of drug-likeness (QED) is 0.644. The summed E-state index contributed by atoms with van der Waals surface area (Å²) in [5.74, 6) is -0.295. The molecule has 9 heteroatoms. The van der Waals surface area contributed by atoms with Crippen molar-refractivity contribution in [3.63, 3.8) is 0 Å². The third-order valence-corrected chi connectivity index (χ3v) is 6.32. The first-order valence-corrected chi connectivity index (χ1v) is 10.2. The molecular formula is C16H23FN4O3S. The molecule has 138 valence electrons. The summed E-state index contributed by atoms with van der Waals surface area (Å²) in [6.45, 7) is 2.64. The lowest BCUT2D eigenvalue weighted by Gasteiger charge is -2.26. The standard InChI is InChI=1S/C16H23FN4O3S/c17-13-3-1-12(2-4-13)15-14(11-19-20-15)16(22)18-5-6-21-7-9-25(23,24)10-8-21/h1-4,14-15,19-20H,5-11H2,(H,18,22). The average molecular weight is 370 g/mol. The van der Waals surface area contributed by atoms with Crippen molar-refractivity contribution in [2.24, 2.45) is 5.92 Å². The molecular weight excluding hydrogens is 347 g/mol. The Balaban J connectivity index is 1.48. The van der Waals surface area contributed by atoms with E-state index in [4.69, 9.17) is 0 Å². The van der Waals surface area contributed by atoms with Crippen LogP contribution in [0.3, 0.4) is 0 Å². The fourth-order valence-electron chi connectivity index (χ4n) is 3.17. The van der Waals surface area contributed by atoms with Gasteiger partial charge in [0.2, 0.25) is 5.91 Å². The molecule has 1 aromatic rings. The van der Waals surface area contributed by atoms with Gasteiger partial charge in [-0.15, -0.1) is 0 Å². The fraction of sp³-hybridized carbons (Fsp3) is 0.562. The van der Waals surface area contributed by atoms with Crippen LogP contribution in [0, 0.1) is 11.7 Å². The molecule has 3 N–H and O–H groups in total. The van der Waals surface area contributed by atoms with Gasteiger partial charge in [0.05, 0.1) is 23.5 Å². The van der Waals surface area contributed by atoms with Crippen LogP contribution in [0.25, 0.3) is 0 Å². The molecule has 2 heterocycles. The van der Waals surface area contributed by atoms with Crippen LogP contribution in [0.5, 0.6) is 0 Å². The lowest BCUT2D eigenvalue weighted by Crippen LogP contribution is -2.45. The highest BCUT2D eigenvalue weighted by atomic mass is 32.2. The summed E-state index contributed by atoms with van der Waals surface area (Å²) >= 11 is 0. The maximum atomic E-state index is 13.1. The van der Waals surface area contributed by atoms with Crippen molar-refractivity contribution in [3.05, 3.63) is 35.6 Å². The zero-order chi connectivity index (χ0) is 17.9. The minimum absolute atomic E-state index is 0.0727. The Morgan fingerprint density at radius 3 is 2.60 bits per heavy atom. The van der Waals surface area contributed by atoms with E-state index in [9.17, 15) is 17.6 Å². The molecule has 7 nitrogen and oxygen atoms in total. The van der Waals surface area contributed by atoms with Crippen LogP contribution in [0.2, 0.25) is 0 Å². The highest BCUT2D eigenvalue weighted by molar-refractivity contribution is 7.91. The number of sulfone groups is 1. The number of benzene rings is 1. The molecule has 0 aliphatic carbocycles. The minimum atomic E-state index is -2.88. The van der Waals surface area contributed by atoms with E-state index in [0.717, 1.165) is 5.56 Å². The van der Waals surface area contributed by atoms with E-state index >= 15 is 0 Å². The zero-order valence-electron chi connectivity index (χ0n) is 13.9. The number of carbonyl (C=O) groups excluding carboxylic acids is 1. The third-order valence-electron chi connectivity index (χ3n) is 4.71. The number of rotatable bonds is 5. The highest BCUT2D eigenvalue weighted by Gasteiger charge is 2.33. The van der Waals surface area contributed by atoms with Crippen LogP contribution >= 0.6 is 0 Å². The molecule has 0 aromatic heterocycles. The zero-order valence-corrected chi connectivity index (χ0v) is 14.7. The lowest BCUT2D eigenvalue weighted by atomic mass is 9.94. The summed E-state index contributed by atoms with van der Waals surface area (Å²) in [6, 6.07) is 5.91. The predicted molar refractivity (Wildman–Crippen MR) is 91.9 cm³/mol. The summed E-state index contributed by atoms with van der Waals surface area (Å²) < 4.78 is 35.9. The largest absolute Gasteiger partial charge is 0.354 e. The summed E-state index contributed by atoms with van der Waals surface area (Å²) in [5.41, 5.74) is 6.90. The van der Waals surface area contributed by atoms with Crippen LogP contribution in [0.1, 0.15) is 11.6 Å². The van der Waals surface area contributed by atoms with Crippen LogP contribution in [-0.2, 0) is 14.6 Å². The second-order valence-electron chi connectivity index (χ2n) is 6.45.